The summed E-state index contributed by atoms with van der Waals surface area (Å²) in [6.07, 6.45) is 4.51. The number of rotatable bonds is 3. The second-order valence-corrected chi connectivity index (χ2v) is 7.73. The third-order valence-corrected chi connectivity index (χ3v) is 5.85. The van der Waals surface area contributed by atoms with Gasteiger partial charge >= 0.3 is 0 Å². The molecular formula is C15H20N4O2S. The predicted molar refractivity (Wildman–Crippen MR) is 83.5 cm³/mol. The van der Waals surface area contributed by atoms with E-state index in [1.54, 1.807) is 11.6 Å². The van der Waals surface area contributed by atoms with Crippen LogP contribution in [0.5, 0.6) is 0 Å². The average Bonchev–Trinajstić information content (AvgIpc) is 2.96. The maximum absolute atomic E-state index is 12.7. The number of hydrogen-bond donors (Lipinski definition) is 1. The minimum absolute atomic E-state index is 0.0762. The van der Waals surface area contributed by atoms with Crippen LogP contribution in [0.25, 0.3) is 0 Å². The van der Waals surface area contributed by atoms with Crippen molar-refractivity contribution in [1.82, 2.24) is 13.9 Å². The van der Waals surface area contributed by atoms with E-state index in [9.17, 15) is 8.42 Å². The highest BCUT2D eigenvalue weighted by Gasteiger charge is 2.39. The zero-order valence-corrected chi connectivity index (χ0v) is 13.3. The molecule has 0 bridgehead atoms. The predicted octanol–water partition coefficient (Wildman–Crippen LogP) is 1.06. The molecule has 0 saturated carbocycles. The molecule has 3 rings (SSSR count). The first kappa shape index (κ1) is 15.2. The molecule has 1 unspecified atom stereocenters. The topological polar surface area (TPSA) is 81.2 Å². The zero-order valence-electron chi connectivity index (χ0n) is 12.5. The summed E-state index contributed by atoms with van der Waals surface area (Å²) in [7, 11) is -1.85. The van der Waals surface area contributed by atoms with E-state index < -0.39 is 15.6 Å². The Morgan fingerprint density at radius 1 is 1.27 bits per heavy atom. The molecule has 22 heavy (non-hydrogen) atoms. The Hall–Kier alpha value is -1.70. The van der Waals surface area contributed by atoms with Gasteiger partial charge in [-0.25, -0.2) is 13.4 Å². The van der Waals surface area contributed by atoms with Gasteiger partial charge in [-0.3, -0.25) is 0 Å². The van der Waals surface area contributed by atoms with Crippen molar-refractivity contribution in [3.05, 3.63) is 48.4 Å². The Kier molecular flexibility index (Phi) is 3.80. The van der Waals surface area contributed by atoms with Gasteiger partial charge in [-0.1, -0.05) is 30.3 Å². The van der Waals surface area contributed by atoms with Gasteiger partial charge in [0.15, 0.2) is 5.03 Å². The zero-order chi connectivity index (χ0) is 15.8. The lowest BCUT2D eigenvalue weighted by atomic mass is 9.84. The molecule has 0 spiro atoms. The van der Waals surface area contributed by atoms with Crippen LogP contribution in [0.3, 0.4) is 0 Å². The molecule has 1 saturated heterocycles. The average molecular weight is 320 g/mol. The van der Waals surface area contributed by atoms with Crippen molar-refractivity contribution in [2.24, 2.45) is 12.8 Å². The van der Waals surface area contributed by atoms with Crippen LogP contribution in [0.1, 0.15) is 18.4 Å². The number of nitrogens with two attached hydrogens (primary N) is 1. The molecule has 7 heteroatoms. The summed E-state index contributed by atoms with van der Waals surface area (Å²) in [5.41, 5.74) is 6.84. The van der Waals surface area contributed by atoms with Gasteiger partial charge in [-0.2, -0.15) is 4.31 Å². The van der Waals surface area contributed by atoms with Crippen LogP contribution < -0.4 is 5.73 Å². The van der Waals surface area contributed by atoms with E-state index >= 15 is 0 Å². The molecule has 0 radical (unpaired) electrons. The third kappa shape index (κ3) is 2.67. The molecule has 118 valence electrons. The monoisotopic (exact) mass is 320 g/mol. The molecule has 2 heterocycles. The summed E-state index contributed by atoms with van der Waals surface area (Å²) < 4.78 is 28.5. The van der Waals surface area contributed by atoms with Crippen LogP contribution in [0, 0.1) is 0 Å². The van der Waals surface area contributed by atoms with Crippen LogP contribution in [0.4, 0.5) is 0 Å². The fraction of sp³-hybridized carbons (Fsp3) is 0.400. The van der Waals surface area contributed by atoms with Gasteiger partial charge in [0.05, 0.1) is 11.9 Å². The fourth-order valence-electron chi connectivity index (χ4n) is 2.91. The number of sulfonamides is 1. The van der Waals surface area contributed by atoms with Crippen molar-refractivity contribution in [3.8, 4) is 0 Å². The number of imidazole rings is 1. The van der Waals surface area contributed by atoms with Gasteiger partial charge in [0.25, 0.3) is 10.0 Å². The molecule has 6 nitrogen and oxygen atoms in total. The van der Waals surface area contributed by atoms with E-state index in [2.05, 4.69) is 4.98 Å². The number of aromatic nitrogens is 2. The van der Waals surface area contributed by atoms with Crippen molar-refractivity contribution >= 4 is 10.0 Å². The van der Waals surface area contributed by atoms with Crippen molar-refractivity contribution in [2.45, 2.75) is 23.4 Å². The lowest BCUT2D eigenvalue weighted by Gasteiger charge is -2.39. The number of nitrogens with zero attached hydrogens (tertiary/aromatic N) is 3. The molecule has 1 aliphatic rings. The van der Waals surface area contributed by atoms with E-state index in [1.807, 2.05) is 30.3 Å². The number of hydrogen-bond acceptors (Lipinski definition) is 4. The molecule has 2 N–H and O–H groups in total. The van der Waals surface area contributed by atoms with Gasteiger partial charge < -0.3 is 10.3 Å². The van der Waals surface area contributed by atoms with E-state index in [0.29, 0.717) is 6.54 Å². The first-order valence-electron chi connectivity index (χ1n) is 7.24. The summed E-state index contributed by atoms with van der Waals surface area (Å²) in [5, 5.41) is 0.0762. The molecule has 0 amide bonds. The normalized spacial score (nSPS) is 23.5. The number of benzene rings is 1. The summed E-state index contributed by atoms with van der Waals surface area (Å²) >= 11 is 0. The Morgan fingerprint density at radius 2 is 2.00 bits per heavy atom. The first-order chi connectivity index (χ1) is 10.4. The van der Waals surface area contributed by atoms with Gasteiger partial charge in [0.1, 0.15) is 0 Å². The third-order valence-electron chi connectivity index (χ3n) is 4.12. The van der Waals surface area contributed by atoms with Crippen LogP contribution in [0.15, 0.2) is 47.9 Å². The summed E-state index contributed by atoms with van der Waals surface area (Å²) in [6.45, 7) is 0.751. The second-order valence-electron chi connectivity index (χ2n) is 5.84. The van der Waals surface area contributed by atoms with E-state index in [4.69, 9.17) is 5.73 Å². The van der Waals surface area contributed by atoms with Crippen LogP contribution in [-0.4, -0.2) is 35.4 Å². The SMILES string of the molecule is Cn1cnc(S(=O)(=O)N2CCCC(N)(c3ccccc3)C2)c1. The first-order valence-corrected chi connectivity index (χ1v) is 8.68. The quantitative estimate of drug-likeness (QED) is 0.917. The lowest BCUT2D eigenvalue weighted by molar-refractivity contribution is 0.229. The van der Waals surface area contributed by atoms with Gasteiger partial charge in [-0.15, -0.1) is 0 Å². The maximum Gasteiger partial charge on any atom is 0.262 e. The second kappa shape index (κ2) is 5.49. The van der Waals surface area contributed by atoms with Crippen molar-refractivity contribution in [2.75, 3.05) is 13.1 Å². The smallest absolute Gasteiger partial charge is 0.262 e. The molecule has 1 fully saturated rings. The van der Waals surface area contributed by atoms with Crippen LogP contribution in [-0.2, 0) is 22.6 Å². The summed E-state index contributed by atoms with van der Waals surface area (Å²) in [4.78, 5) is 3.98. The Balaban J connectivity index is 1.90. The maximum atomic E-state index is 12.7. The minimum Gasteiger partial charge on any atom is -0.339 e. The van der Waals surface area contributed by atoms with Crippen LogP contribution >= 0.6 is 0 Å². The van der Waals surface area contributed by atoms with Crippen molar-refractivity contribution in [3.63, 3.8) is 0 Å². The minimum atomic E-state index is -3.60. The number of piperidine rings is 1. The van der Waals surface area contributed by atoms with Gasteiger partial charge in [-0.05, 0) is 18.4 Å². The summed E-state index contributed by atoms with van der Waals surface area (Å²) in [5.74, 6) is 0. The van der Waals surface area contributed by atoms with Gasteiger partial charge in [0.2, 0.25) is 0 Å². The summed E-state index contributed by atoms with van der Waals surface area (Å²) in [6, 6.07) is 9.69. The highest BCUT2D eigenvalue weighted by molar-refractivity contribution is 7.89. The highest BCUT2D eigenvalue weighted by Crippen LogP contribution is 2.31. The van der Waals surface area contributed by atoms with Crippen molar-refractivity contribution < 1.29 is 8.42 Å². The Morgan fingerprint density at radius 3 is 2.64 bits per heavy atom. The molecule has 1 aliphatic heterocycles. The largest absolute Gasteiger partial charge is 0.339 e. The van der Waals surface area contributed by atoms with Crippen molar-refractivity contribution in [1.29, 1.82) is 0 Å². The standard InChI is InChI=1S/C15H20N4O2S/c1-18-10-14(17-12-18)22(20,21)19-9-5-8-15(16,11-19)13-6-3-2-4-7-13/h2-4,6-7,10,12H,5,8-9,11,16H2,1H3. The van der Waals surface area contributed by atoms with E-state index in [-0.39, 0.29) is 11.6 Å². The van der Waals surface area contributed by atoms with E-state index in [0.717, 1.165) is 18.4 Å². The lowest BCUT2D eigenvalue weighted by Crippen LogP contribution is -2.53. The molecule has 1 aromatic carbocycles. The molecule has 1 aromatic heterocycles. The number of aryl methyl sites for hydroxylation is 1. The molecule has 2 aromatic rings. The molecular weight excluding hydrogens is 300 g/mol. The Labute approximate surface area is 130 Å². The Bertz CT molecular complexity index is 757. The molecule has 1 atom stereocenters. The van der Waals surface area contributed by atoms with E-state index in [1.165, 1.54) is 16.8 Å². The molecule has 0 aliphatic carbocycles. The van der Waals surface area contributed by atoms with Crippen LogP contribution in [0.2, 0.25) is 0 Å². The van der Waals surface area contributed by atoms with Gasteiger partial charge in [0, 0.05) is 26.3 Å². The highest BCUT2D eigenvalue weighted by atomic mass is 32.2. The fourth-order valence-corrected chi connectivity index (χ4v) is 4.42.